The largest absolute Gasteiger partial charge is 0.336 e. The minimum atomic E-state index is -0.411. The molecule has 0 bridgehead atoms. The summed E-state index contributed by atoms with van der Waals surface area (Å²) < 4.78 is 13.7. The number of likely N-dealkylation sites (tertiary alicyclic amines) is 1. The van der Waals surface area contributed by atoms with Crippen molar-refractivity contribution in [2.75, 3.05) is 13.1 Å². The van der Waals surface area contributed by atoms with Gasteiger partial charge in [0.15, 0.2) is 0 Å². The second-order valence-electron chi connectivity index (χ2n) is 5.09. The third-order valence-electron chi connectivity index (χ3n) is 3.76. The molecule has 1 saturated heterocycles. The van der Waals surface area contributed by atoms with E-state index in [2.05, 4.69) is 15.9 Å². The first-order valence-electron chi connectivity index (χ1n) is 6.49. The summed E-state index contributed by atoms with van der Waals surface area (Å²) in [6.45, 7) is 3.26. The standard InChI is InChI=1S/C14H18BrFN2O/c1-9-5-6-10(7-17)8-18(9)14(19)11-3-2-4-12(16)13(11)15/h2-4,9-10H,5-8,17H2,1H3. The predicted octanol–water partition coefficient (Wildman–Crippen LogP) is 2.79. The van der Waals surface area contributed by atoms with Gasteiger partial charge in [0, 0.05) is 12.6 Å². The zero-order valence-corrected chi connectivity index (χ0v) is 12.5. The Hall–Kier alpha value is -0.940. The van der Waals surface area contributed by atoms with E-state index < -0.39 is 5.82 Å². The molecule has 1 fully saturated rings. The van der Waals surface area contributed by atoms with Crippen molar-refractivity contribution in [3.8, 4) is 0 Å². The summed E-state index contributed by atoms with van der Waals surface area (Å²) in [5.74, 6) is -0.199. The monoisotopic (exact) mass is 328 g/mol. The maximum Gasteiger partial charge on any atom is 0.255 e. The maximum absolute atomic E-state index is 13.5. The van der Waals surface area contributed by atoms with Crippen LogP contribution in [-0.2, 0) is 0 Å². The first-order valence-corrected chi connectivity index (χ1v) is 7.29. The smallest absolute Gasteiger partial charge is 0.255 e. The molecule has 1 heterocycles. The molecule has 0 aliphatic carbocycles. The summed E-state index contributed by atoms with van der Waals surface area (Å²) in [6, 6.07) is 4.71. The van der Waals surface area contributed by atoms with Crippen molar-refractivity contribution in [3.63, 3.8) is 0 Å². The highest BCUT2D eigenvalue weighted by atomic mass is 79.9. The number of carbonyl (C=O) groups is 1. The van der Waals surface area contributed by atoms with Gasteiger partial charge in [0.25, 0.3) is 5.91 Å². The number of amides is 1. The molecule has 0 radical (unpaired) electrons. The Labute approximate surface area is 121 Å². The van der Waals surface area contributed by atoms with Crippen molar-refractivity contribution in [2.45, 2.75) is 25.8 Å². The first kappa shape index (κ1) is 14.5. The summed E-state index contributed by atoms with van der Waals surface area (Å²) in [4.78, 5) is 14.3. The molecular formula is C14H18BrFN2O. The Balaban J connectivity index is 2.24. The number of piperidine rings is 1. The minimum absolute atomic E-state index is 0.128. The fourth-order valence-electron chi connectivity index (χ4n) is 2.48. The quantitative estimate of drug-likeness (QED) is 0.907. The zero-order valence-electron chi connectivity index (χ0n) is 10.9. The number of benzene rings is 1. The number of hydrogen-bond acceptors (Lipinski definition) is 2. The lowest BCUT2D eigenvalue weighted by molar-refractivity contribution is 0.0565. The summed E-state index contributed by atoms with van der Waals surface area (Å²) in [7, 11) is 0. The van der Waals surface area contributed by atoms with Crippen molar-refractivity contribution in [3.05, 3.63) is 34.1 Å². The molecule has 1 aliphatic heterocycles. The van der Waals surface area contributed by atoms with Crippen molar-refractivity contribution in [1.29, 1.82) is 0 Å². The Morgan fingerprint density at radius 1 is 1.53 bits per heavy atom. The van der Waals surface area contributed by atoms with Crippen LogP contribution in [0.25, 0.3) is 0 Å². The number of nitrogens with two attached hydrogens (primary N) is 1. The number of hydrogen-bond donors (Lipinski definition) is 1. The van der Waals surface area contributed by atoms with Crippen LogP contribution in [0, 0.1) is 11.7 Å². The van der Waals surface area contributed by atoms with E-state index in [1.165, 1.54) is 6.07 Å². The molecule has 2 unspecified atom stereocenters. The summed E-state index contributed by atoms with van der Waals surface area (Å²) >= 11 is 3.15. The molecule has 2 N–H and O–H groups in total. The fraction of sp³-hybridized carbons (Fsp3) is 0.500. The van der Waals surface area contributed by atoms with Crippen molar-refractivity contribution < 1.29 is 9.18 Å². The zero-order chi connectivity index (χ0) is 14.0. The maximum atomic E-state index is 13.5. The van der Waals surface area contributed by atoms with E-state index in [4.69, 9.17) is 5.73 Å². The van der Waals surface area contributed by atoms with Crippen LogP contribution < -0.4 is 5.73 Å². The molecule has 5 heteroatoms. The van der Waals surface area contributed by atoms with Gasteiger partial charge in [0.05, 0.1) is 10.0 Å². The third kappa shape index (κ3) is 2.98. The van der Waals surface area contributed by atoms with Gasteiger partial charge in [0.1, 0.15) is 5.82 Å². The summed E-state index contributed by atoms with van der Waals surface area (Å²) in [5, 5.41) is 0. The highest BCUT2D eigenvalue weighted by molar-refractivity contribution is 9.10. The fourth-order valence-corrected chi connectivity index (χ4v) is 2.92. The van der Waals surface area contributed by atoms with Gasteiger partial charge >= 0.3 is 0 Å². The minimum Gasteiger partial charge on any atom is -0.336 e. The highest BCUT2D eigenvalue weighted by Crippen LogP contribution is 2.27. The van der Waals surface area contributed by atoms with Crippen molar-refractivity contribution in [1.82, 2.24) is 4.90 Å². The van der Waals surface area contributed by atoms with Gasteiger partial charge in [-0.05, 0) is 60.3 Å². The van der Waals surface area contributed by atoms with Crippen LogP contribution >= 0.6 is 15.9 Å². The second kappa shape index (κ2) is 6.01. The number of carbonyl (C=O) groups excluding carboxylic acids is 1. The lowest BCUT2D eigenvalue weighted by Crippen LogP contribution is -2.47. The van der Waals surface area contributed by atoms with Crippen LogP contribution in [0.5, 0.6) is 0 Å². The molecule has 0 saturated carbocycles. The van der Waals surface area contributed by atoms with Gasteiger partial charge in [-0.3, -0.25) is 4.79 Å². The van der Waals surface area contributed by atoms with Crippen LogP contribution in [-0.4, -0.2) is 29.9 Å². The summed E-state index contributed by atoms with van der Waals surface area (Å²) in [5.41, 5.74) is 6.08. The van der Waals surface area contributed by atoms with Crippen LogP contribution in [0.1, 0.15) is 30.1 Å². The molecule has 0 aromatic heterocycles. The molecule has 1 aromatic rings. The highest BCUT2D eigenvalue weighted by Gasteiger charge is 2.30. The Morgan fingerprint density at radius 3 is 2.95 bits per heavy atom. The Morgan fingerprint density at radius 2 is 2.26 bits per heavy atom. The molecule has 3 nitrogen and oxygen atoms in total. The van der Waals surface area contributed by atoms with E-state index in [0.717, 1.165) is 12.8 Å². The van der Waals surface area contributed by atoms with E-state index in [1.807, 2.05) is 6.92 Å². The van der Waals surface area contributed by atoms with Gasteiger partial charge in [-0.2, -0.15) is 0 Å². The van der Waals surface area contributed by atoms with E-state index >= 15 is 0 Å². The predicted molar refractivity (Wildman–Crippen MR) is 76.4 cm³/mol. The molecular weight excluding hydrogens is 311 g/mol. The topological polar surface area (TPSA) is 46.3 Å². The van der Waals surface area contributed by atoms with Gasteiger partial charge in [-0.15, -0.1) is 0 Å². The van der Waals surface area contributed by atoms with E-state index in [0.29, 0.717) is 24.6 Å². The number of rotatable bonds is 2. The van der Waals surface area contributed by atoms with Gasteiger partial charge in [0.2, 0.25) is 0 Å². The van der Waals surface area contributed by atoms with Gasteiger partial charge in [-0.1, -0.05) is 6.07 Å². The third-order valence-corrected chi connectivity index (χ3v) is 4.56. The van der Waals surface area contributed by atoms with Crippen molar-refractivity contribution >= 4 is 21.8 Å². The van der Waals surface area contributed by atoms with Crippen LogP contribution in [0.4, 0.5) is 4.39 Å². The molecule has 1 amide bonds. The molecule has 2 rings (SSSR count). The SMILES string of the molecule is CC1CCC(CN)CN1C(=O)c1cccc(F)c1Br. The van der Waals surface area contributed by atoms with E-state index in [-0.39, 0.29) is 16.4 Å². The van der Waals surface area contributed by atoms with Crippen LogP contribution in [0.15, 0.2) is 22.7 Å². The van der Waals surface area contributed by atoms with Crippen LogP contribution in [0.3, 0.4) is 0 Å². The Kier molecular flexibility index (Phi) is 4.58. The molecule has 1 aromatic carbocycles. The number of halogens is 2. The average Bonchev–Trinajstić information content (AvgIpc) is 2.42. The molecule has 2 atom stereocenters. The summed E-state index contributed by atoms with van der Waals surface area (Å²) in [6.07, 6.45) is 1.99. The molecule has 104 valence electrons. The second-order valence-corrected chi connectivity index (χ2v) is 5.88. The van der Waals surface area contributed by atoms with Crippen LogP contribution in [0.2, 0.25) is 0 Å². The Bertz CT molecular complexity index is 481. The average molecular weight is 329 g/mol. The number of nitrogens with zero attached hydrogens (tertiary/aromatic N) is 1. The first-order chi connectivity index (χ1) is 9.04. The normalized spacial score (nSPS) is 23.5. The molecule has 1 aliphatic rings. The lowest BCUT2D eigenvalue weighted by atomic mass is 9.93. The van der Waals surface area contributed by atoms with Gasteiger partial charge in [-0.25, -0.2) is 4.39 Å². The van der Waals surface area contributed by atoms with Crippen molar-refractivity contribution in [2.24, 2.45) is 11.7 Å². The molecule has 19 heavy (non-hydrogen) atoms. The van der Waals surface area contributed by atoms with E-state index in [1.54, 1.807) is 17.0 Å². The van der Waals surface area contributed by atoms with Gasteiger partial charge < -0.3 is 10.6 Å². The molecule has 0 spiro atoms. The lowest BCUT2D eigenvalue weighted by Gasteiger charge is -2.37. The van der Waals surface area contributed by atoms with E-state index in [9.17, 15) is 9.18 Å².